The maximum atomic E-state index is 16.1. The molecule has 91 heavy (non-hydrogen) atoms. The number of amides is 1. The minimum atomic E-state index is -5.02. The predicted octanol–water partition coefficient (Wildman–Crippen LogP) is 6.66. The molecule has 0 spiro atoms. The van der Waals surface area contributed by atoms with E-state index in [0.717, 1.165) is 24.3 Å². The molecule has 1 aromatic carbocycles. The number of benzene rings is 1. The molecule has 4 fully saturated rings. The summed E-state index contributed by atoms with van der Waals surface area (Å²) >= 11 is 0. The third-order valence-electron chi connectivity index (χ3n) is 17.4. The number of alkyl halides is 3. The summed E-state index contributed by atoms with van der Waals surface area (Å²) in [7, 11) is 1.69. The molecule has 522 valence electrons. The number of hydrogen-bond donors (Lipinski definition) is 4. The number of aliphatic hydroxyl groups is 2. The molecule has 22 atom stereocenters. The summed E-state index contributed by atoms with van der Waals surface area (Å²) in [5.41, 5.74) is -3.52. The van der Waals surface area contributed by atoms with Crippen LogP contribution >= 0.6 is 0 Å². The number of ether oxygens (including phenoxy) is 12. The van der Waals surface area contributed by atoms with Crippen LogP contribution in [-0.4, -0.2) is 211 Å². The largest absolute Gasteiger partial charge is 0.573 e. The highest BCUT2D eigenvalue weighted by Gasteiger charge is 2.53. The number of nitrogens with one attached hydrogen (secondary N) is 2. The van der Waals surface area contributed by atoms with Gasteiger partial charge in [0, 0.05) is 70.4 Å². The molecule has 1 unspecified atom stereocenters. The lowest BCUT2D eigenvalue weighted by Gasteiger charge is -2.45. The van der Waals surface area contributed by atoms with E-state index in [9.17, 15) is 41.4 Å². The van der Waals surface area contributed by atoms with Gasteiger partial charge >= 0.3 is 24.4 Å². The number of rotatable bonds is 21. The van der Waals surface area contributed by atoms with Gasteiger partial charge in [0.25, 0.3) is 0 Å². The zero-order chi connectivity index (χ0) is 68.4. The fraction of sp³-hybridized carbons (Fsp3) is 0.823. The first-order chi connectivity index (χ1) is 42.2. The summed E-state index contributed by atoms with van der Waals surface area (Å²) in [6, 6.07) is 3.42. The molecule has 25 nitrogen and oxygen atoms in total. The van der Waals surface area contributed by atoms with Crippen molar-refractivity contribution in [3.63, 3.8) is 0 Å². The van der Waals surface area contributed by atoms with Crippen molar-refractivity contribution in [1.82, 2.24) is 14.9 Å². The van der Waals surface area contributed by atoms with Crippen molar-refractivity contribution in [2.75, 3.05) is 48.1 Å². The van der Waals surface area contributed by atoms with Crippen LogP contribution < -0.4 is 14.8 Å². The van der Waals surface area contributed by atoms with Crippen LogP contribution in [0.2, 0.25) is 0 Å². The average molecular weight is 1330 g/mol. The number of nitrogens with zero attached hydrogens (tertiary/aromatic N) is 2. The lowest BCUT2D eigenvalue weighted by atomic mass is 9.74. The van der Waals surface area contributed by atoms with E-state index >= 15 is 9.59 Å². The van der Waals surface area contributed by atoms with Gasteiger partial charge in [-0.3, -0.25) is 14.4 Å². The summed E-state index contributed by atoms with van der Waals surface area (Å²) in [5.74, 6) is -9.34. The predicted molar refractivity (Wildman–Crippen MR) is 322 cm³/mol. The van der Waals surface area contributed by atoms with E-state index < -0.39 is 184 Å². The van der Waals surface area contributed by atoms with Gasteiger partial charge in [-0.25, -0.2) is 17.9 Å². The van der Waals surface area contributed by atoms with Crippen LogP contribution in [-0.2, 0) is 81.3 Å². The number of alkyl carbamates (subject to hydrolysis) is 1. The minimum Gasteiger partial charge on any atom is -0.461 e. The molecule has 0 radical (unpaired) electrons. The molecule has 4 saturated heterocycles. The zero-order valence-electron chi connectivity index (χ0n) is 56.0. The Morgan fingerprint density at radius 2 is 1.47 bits per heavy atom. The SMILES string of the molecule is CO/N=C1\C[C@@H](C)O[C@@H](O[C@@H]2[C@@H](C)[C@H](O[C@H]3CC(C)N(C)C[C@H](C)O3)[C@@H](C)C(=O)O[C@H]([C@@H](C)CO[C@@H]3O[C@H](C)[C@@H](O)[C@@H](OC)[C@H]3OC)[C@H](C)[C@@H](OC(=O)CC(C)C)[C@@H](C)C(=O)[C@@](C)(OC(=O)NC(C)(C)CNS(=O)(=O)c3ccc(OC(F)(F)F)cc3)C[C@@H]2C)[C@@H]1O. The van der Waals surface area contributed by atoms with Crippen molar-refractivity contribution in [2.24, 2.45) is 46.6 Å². The van der Waals surface area contributed by atoms with Gasteiger partial charge in [-0.1, -0.05) is 53.6 Å². The number of carbonyl (C=O) groups is 4. The quantitative estimate of drug-likeness (QED) is 0.0568. The standard InChI is InChI=1S/C62H101F3N4O21S/c1-31(2)24-45(70)85-51-38(9)50(33(4)29-81-58-54(79-18)53(78-17)47(71)41(12)84-58)87-56(74)40(11)52(86-46-25-34(5)69(16)28-36(7)82-46)37(8)49(88-57-48(72)44(68-80-19)26-35(6)83-57)32(3)27-61(15,55(73)39(51)10)90-59(75)67-60(13,14)30-66-91(76,77)43-22-20-42(21-23-43)89-62(63,64)65/h20-23,31-41,46-54,57-58,66,71-72H,24-30H2,1-19H3,(H,67,75)/b68-44+/t32-,33-,34?,35+,36-,37+,38-,39+,40+,41+,46-,47+,48+,49-,50+,51+,52-,53+,54+,57-,58+,61-/m0/s1. The van der Waals surface area contributed by atoms with Crippen molar-refractivity contribution in [2.45, 2.75) is 244 Å². The number of oxime groups is 1. The summed E-state index contributed by atoms with van der Waals surface area (Å²) in [5, 5.41) is 29.6. The van der Waals surface area contributed by atoms with Crippen LogP contribution in [0, 0.1) is 41.4 Å². The molecule has 5 rings (SSSR count). The highest BCUT2D eigenvalue weighted by molar-refractivity contribution is 7.89. The average Bonchev–Trinajstić information content (AvgIpc) is 1.05. The highest BCUT2D eigenvalue weighted by atomic mass is 32.2. The van der Waals surface area contributed by atoms with Crippen molar-refractivity contribution in [3.8, 4) is 5.75 Å². The van der Waals surface area contributed by atoms with Crippen LogP contribution in [0.25, 0.3) is 0 Å². The van der Waals surface area contributed by atoms with E-state index in [4.69, 9.17) is 56.9 Å². The fourth-order valence-corrected chi connectivity index (χ4v) is 13.7. The monoisotopic (exact) mass is 1330 g/mol. The van der Waals surface area contributed by atoms with Gasteiger partial charge in [-0.15, -0.1) is 13.2 Å². The highest BCUT2D eigenvalue weighted by Crippen LogP contribution is 2.41. The summed E-state index contributed by atoms with van der Waals surface area (Å²) in [6.45, 7) is 25.1. The summed E-state index contributed by atoms with van der Waals surface area (Å²) in [4.78, 5) is 67.2. The molecule has 4 aliphatic heterocycles. The number of aliphatic hydroxyl groups excluding tert-OH is 2. The first-order valence-electron chi connectivity index (χ1n) is 31.2. The van der Waals surface area contributed by atoms with Gasteiger partial charge in [0.1, 0.15) is 49.5 Å². The van der Waals surface area contributed by atoms with Gasteiger partial charge in [0.05, 0.1) is 65.1 Å². The molecule has 0 aliphatic carbocycles. The van der Waals surface area contributed by atoms with Crippen LogP contribution in [0.4, 0.5) is 18.0 Å². The van der Waals surface area contributed by atoms with Gasteiger partial charge in [0.2, 0.25) is 10.0 Å². The molecule has 1 amide bonds. The summed E-state index contributed by atoms with van der Waals surface area (Å²) < 4.78 is 142. The Labute approximate surface area is 534 Å². The van der Waals surface area contributed by atoms with E-state index in [1.807, 2.05) is 20.9 Å². The number of methoxy groups -OCH3 is 2. The normalized spacial score (nSPS) is 36.4. The molecule has 29 heteroatoms. The van der Waals surface area contributed by atoms with Crippen molar-refractivity contribution < 1.29 is 113 Å². The number of ketones is 1. The second kappa shape index (κ2) is 32.9. The smallest absolute Gasteiger partial charge is 0.461 e. The van der Waals surface area contributed by atoms with Crippen molar-refractivity contribution in [1.29, 1.82) is 0 Å². The number of Topliss-reactive ketones (excluding diaryl/α,β-unsaturated/α-hetero) is 1. The number of halogens is 3. The lowest BCUT2D eigenvalue weighted by Crippen LogP contribution is -2.59. The van der Waals surface area contributed by atoms with Crippen LogP contribution in [0.3, 0.4) is 0 Å². The number of likely N-dealkylation sites (N-methyl/N-ethyl adjacent to an activating group) is 1. The van der Waals surface area contributed by atoms with E-state index in [0.29, 0.717) is 13.0 Å². The Balaban J connectivity index is 1.68. The fourth-order valence-electron chi connectivity index (χ4n) is 12.5. The van der Waals surface area contributed by atoms with Crippen molar-refractivity contribution >= 4 is 39.6 Å². The molecule has 0 saturated carbocycles. The van der Waals surface area contributed by atoms with Crippen LogP contribution in [0.5, 0.6) is 5.75 Å². The minimum absolute atomic E-state index is 0.0647. The van der Waals surface area contributed by atoms with Gasteiger partial charge in [-0.05, 0) is 105 Å². The Morgan fingerprint density at radius 3 is 2.07 bits per heavy atom. The first kappa shape index (κ1) is 77.3. The van der Waals surface area contributed by atoms with Crippen molar-refractivity contribution in [3.05, 3.63) is 24.3 Å². The van der Waals surface area contributed by atoms with E-state index in [1.165, 1.54) is 49.0 Å². The lowest BCUT2D eigenvalue weighted by molar-refractivity contribution is -0.305. The Bertz CT molecular complexity index is 2680. The van der Waals surface area contributed by atoms with E-state index in [-0.39, 0.29) is 49.6 Å². The third-order valence-corrected chi connectivity index (χ3v) is 18.9. The molecule has 1 aromatic rings. The van der Waals surface area contributed by atoms with Crippen LogP contribution in [0.15, 0.2) is 34.3 Å². The van der Waals surface area contributed by atoms with E-state index in [2.05, 4.69) is 24.8 Å². The Kier molecular flexibility index (Phi) is 27.9. The Morgan fingerprint density at radius 1 is 0.835 bits per heavy atom. The summed E-state index contributed by atoms with van der Waals surface area (Å²) in [6.07, 6.45) is -20.7. The maximum Gasteiger partial charge on any atom is 0.573 e. The second-order valence-electron chi connectivity index (χ2n) is 26.5. The third kappa shape index (κ3) is 21.1. The Hall–Kier alpha value is -4.37. The van der Waals surface area contributed by atoms with Gasteiger partial charge in [0.15, 0.2) is 30.3 Å². The zero-order valence-corrected chi connectivity index (χ0v) is 56.9. The molecule has 0 aromatic heterocycles. The molecular weight excluding hydrogens is 1230 g/mol. The second-order valence-corrected chi connectivity index (χ2v) is 28.3. The first-order valence-corrected chi connectivity index (χ1v) is 32.7. The van der Waals surface area contributed by atoms with Gasteiger partial charge in [-0.2, -0.15) is 0 Å². The van der Waals surface area contributed by atoms with E-state index in [1.54, 1.807) is 62.3 Å². The number of cyclic esters (lactones) is 1. The topological polar surface area (TPSA) is 303 Å². The maximum absolute atomic E-state index is 16.1. The number of hydrogen-bond acceptors (Lipinski definition) is 23. The molecule has 0 bridgehead atoms. The number of carbonyl (C=O) groups excluding carboxylic acids is 4. The molecule has 4 aliphatic rings. The molecule has 4 N–H and O–H groups in total. The number of sulfonamides is 1. The van der Waals surface area contributed by atoms with Crippen LogP contribution in [0.1, 0.15) is 130 Å². The molecular formula is C62H101F3N4O21S. The van der Waals surface area contributed by atoms with Gasteiger partial charge < -0.3 is 82.1 Å². The number of esters is 2. The molecule has 4 heterocycles.